The van der Waals surface area contributed by atoms with Crippen LogP contribution in [0.3, 0.4) is 0 Å². The number of nitrogens with one attached hydrogen (secondary N) is 2. The Balaban J connectivity index is 2.16. The number of ketones is 1. The maximum Gasteiger partial charge on any atom is 0.253 e. The fraction of sp³-hybridized carbons (Fsp3) is 0.367. The lowest BCUT2D eigenvalue weighted by Crippen LogP contribution is -2.30. The van der Waals surface area contributed by atoms with E-state index in [0.29, 0.717) is 22.3 Å². The van der Waals surface area contributed by atoms with Crippen molar-refractivity contribution >= 4 is 28.2 Å². The summed E-state index contributed by atoms with van der Waals surface area (Å²) >= 11 is 0. The van der Waals surface area contributed by atoms with Crippen LogP contribution in [0, 0.1) is 13.8 Å². The fourth-order valence-corrected chi connectivity index (χ4v) is 4.82. The number of aromatic nitrogens is 2. The van der Waals surface area contributed by atoms with Gasteiger partial charge in [-0.3, -0.25) is 14.4 Å². The molecule has 0 bridgehead atoms. The number of carbonyl (C=O) groups is 2. The number of carbonyl (C=O) groups excluding carboxylic acids is 2. The summed E-state index contributed by atoms with van der Waals surface area (Å²) in [6, 6.07) is 5.02. The van der Waals surface area contributed by atoms with Crippen LogP contribution < -0.4 is 16.6 Å². The van der Waals surface area contributed by atoms with Crippen molar-refractivity contribution in [3.8, 4) is 0 Å². The number of aromatic amines is 1. The number of amides is 1. The maximum atomic E-state index is 13.7. The van der Waals surface area contributed by atoms with Crippen molar-refractivity contribution < 1.29 is 9.59 Å². The minimum Gasteiger partial charge on any atom is -0.348 e. The van der Waals surface area contributed by atoms with Gasteiger partial charge in [0.05, 0.1) is 6.04 Å². The van der Waals surface area contributed by atoms with Crippen LogP contribution in [0.2, 0.25) is 0 Å². The van der Waals surface area contributed by atoms with E-state index in [1.165, 1.54) is 6.92 Å². The van der Waals surface area contributed by atoms with Crippen LogP contribution in [-0.4, -0.2) is 27.3 Å². The number of aryl methyl sites for hydroxylation is 3. The largest absolute Gasteiger partial charge is 0.348 e. The van der Waals surface area contributed by atoms with E-state index in [-0.39, 0.29) is 29.8 Å². The van der Waals surface area contributed by atoms with Crippen molar-refractivity contribution in [2.75, 3.05) is 0 Å². The first-order chi connectivity index (χ1) is 17.5. The molecular formula is C30H38N4O3. The van der Waals surface area contributed by atoms with Crippen LogP contribution in [0.15, 0.2) is 47.9 Å². The number of rotatable bonds is 10. The Morgan fingerprint density at radius 1 is 1.22 bits per heavy atom. The first-order valence-electron chi connectivity index (χ1n) is 12.7. The highest BCUT2D eigenvalue weighted by Gasteiger charge is 2.23. The average molecular weight is 503 g/mol. The Morgan fingerprint density at radius 3 is 2.51 bits per heavy atom. The smallest absolute Gasteiger partial charge is 0.253 e. The molecule has 1 atom stereocenters. The number of H-pyrrole nitrogens is 1. The van der Waals surface area contributed by atoms with E-state index in [4.69, 9.17) is 5.73 Å². The Hall–Kier alpha value is -3.71. The molecule has 0 fully saturated rings. The van der Waals surface area contributed by atoms with Crippen LogP contribution in [0.25, 0.3) is 16.5 Å². The van der Waals surface area contributed by atoms with Crippen LogP contribution >= 0.6 is 0 Å². The molecular weight excluding hydrogens is 464 g/mol. The monoisotopic (exact) mass is 502 g/mol. The highest BCUT2D eigenvalue weighted by Crippen LogP contribution is 2.32. The molecule has 0 aliphatic heterocycles. The zero-order valence-corrected chi connectivity index (χ0v) is 22.7. The molecule has 7 nitrogen and oxygen atoms in total. The molecule has 4 N–H and O–H groups in total. The average Bonchev–Trinajstić information content (AvgIpc) is 3.17. The fourth-order valence-electron chi connectivity index (χ4n) is 4.82. The Labute approximate surface area is 218 Å². The van der Waals surface area contributed by atoms with Gasteiger partial charge in [0.2, 0.25) is 0 Å². The molecule has 1 unspecified atom stereocenters. The molecule has 0 aliphatic rings. The summed E-state index contributed by atoms with van der Waals surface area (Å²) < 4.78 is 2.11. The molecule has 1 aromatic carbocycles. The molecule has 2 aromatic heterocycles. The van der Waals surface area contributed by atoms with E-state index < -0.39 is 6.04 Å². The minimum atomic E-state index is -0.849. The van der Waals surface area contributed by atoms with Gasteiger partial charge in [0.1, 0.15) is 0 Å². The second kappa shape index (κ2) is 11.6. The molecule has 1 amide bonds. The number of allylic oxidation sites excluding steroid dienone is 2. The summed E-state index contributed by atoms with van der Waals surface area (Å²) in [5.41, 5.74) is 11.9. The normalized spacial score (nSPS) is 12.7. The number of Topliss-reactive ketones (excluding diaryl/α,β-unsaturated/α-hetero) is 1. The highest BCUT2D eigenvalue weighted by molar-refractivity contribution is 6.09. The van der Waals surface area contributed by atoms with Crippen molar-refractivity contribution in [1.82, 2.24) is 14.9 Å². The molecule has 0 spiro atoms. The third-order valence-electron chi connectivity index (χ3n) is 6.64. The van der Waals surface area contributed by atoms with Crippen LogP contribution in [0.4, 0.5) is 0 Å². The summed E-state index contributed by atoms with van der Waals surface area (Å²) in [5.74, 6) is -0.482. The first-order valence-corrected chi connectivity index (χ1v) is 12.7. The molecule has 37 heavy (non-hydrogen) atoms. The summed E-state index contributed by atoms with van der Waals surface area (Å²) in [7, 11) is 0. The number of fused-ring (bicyclic) bond motifs is 1. The number of hydrogen-bond donors (Lipinski definition) is 3. The molecule has 3 aromatic rings. The van der Waals surface area contributed by atoms with E-state index in [1.54, 1.807) is 18.2 Å². The summed E-state index contributed by atoms with van der Waals surface area (Å²) in [4.78, 5) is 41.4. The zero-order chi connectivity index (χ0) is 27.4. The van der Waals surface area contributed by atoms with E-state index in [2.05, 4.69) is 42.2 Å². The van der Waals surface area contributed by atoms with Gasteiger partial charge >= 0.3 is 0 Å². The SMILES string of the molecule is C=C/C=C(/c1cc(C(=O)NCc2c(CCC)cc(C)[nH]c2=O)c2c(C)cn(C(C)C)c2c1)C(N)C(C)=O. The summed E-state index contributed by atoms with van der Waals surface area (Å²) in [6.07, 6.45) is 6.98. The van der Waals surface area contributed by atoms with E-state index in [9.17, 15) is 14.4 Å². The molecule has 0 radical (unpaired) electrons. The summed E-state index contributed by atoms with van der Waals surface area (Å²) in [5, 5.41) is 3.81. The predicted octanol–water partition coefficient (Wildman–Crippen LogP) is 4.90. The Morgan fingerprint density at radius 2 is 1.92 bits per heavy atom. The predicted molar refractivity (Wildman–Crippen MR) is 151 cm³/mol. The number of pyridine rings is 1. The van der Waals surface area contributed by atoms with Gasteiger partial charge in [-0.15, -0.1) is 0 Å². The molecule has 3 rings (SSSR count). The standard InChI is InChI=1S/C30H38N4O3/c1-8-10-21-12-19(6)33-30(37)25(21)15-32-29(36)24-13-22(23(11-9-2)28(31)20(7)35)14-26-27(24)18(5)16-34(26)17(3)4/h9,11-14,16-17,28H,2,8,10,15,31H2,1,3-7H3,(H,32,36)(H,33,37)/b23-11-. The van der Waals surface area contributed by atoms with E-state index in [1.807, 2.05) is 32.2 Å². The summed E-state index contributed by atoms with van der Waals surface area (Å²) in [6.45, 7) is 15.4. The van der Waals surface area contributed by atoms with Crippen molar-refractivity contribution in [2.45, 2.75) is 73.0 Å². The number of nitrogens with two attached hydrogens (primary N) is 1. The van der Waals surface area contributed by atoms with Crippen LogP contribution in [-0.2, 0) is 17.8 Å². The Bertz CT molecular complexity index is 1440. The quantitative estimate of drug-likeness (QED) is 0.343. The van der Waals surface area contributed by atoms with E-state index >= 15 is 0 Å². The van der Waals surface area contributed by atoms with Gasteiger partial charge in [-0.25, -0.2) is 0 Å². The van der Waals surface area contributed by atoms with Gasteiger partial charge in [-0.1, -0.05) is 32.1 Å². The lowest BCUT2D eigenvalue weighted by atomic mass is 9.92. The number of hydrogen-bond acceptors (Lipinski definition) is 4. The lowest BCUT2D eigenvalue weighted by molar-refractivity contribution is -0.117. The van der Waals surface area contributed by atoms with Gasteiger partial charge in [-0.05, 0) is 81.5 Å². The van der Waals surface area contributed by atoms with Gasteiger partial charge in [0, 0.05) is 46.5 Å². The third kappa shape index (κ3) is 5.83. The van der Waals surface area contributed by atoms with Gasteiger partial charge in [0.25, 0.3) is 11.5 Å². The Kier molecular flexibility index (Phi) is 8.71. The minimum absolute atomic E-state index is 0.113. The molecule has 0 saturated heterocycles. The van der Waals surface area contributed by atoms with Crippen molar-refractivity contribution in [3.63, 3.8) is 0 Å². The molecule has 7 heteroatoms. The third-order valence-corrected chi connectivity index (χ3v) is 6.64. The molecule has 196 valence electrons. The molecule has 2 heterocycles. The second-order valence-electron chi connectivity index (χ2n) is 9.90. The molecule has 0 aliphatic carbocycles. The van der Waals surface area contributed by atoms with Crippen molar-refractivity contribution in [3.05, 3.63) is 87.0 Å². The molecule has 0 saturated carbocycles. The number of nitrogens with zero attached hydrogens (tertiary/aromatic N) is 1. The van der Waals surface area contributed by atoms with Crippen molar-refractivity contribution in [1.29, 1.82) is 0 Å². The van der Waals surface area contributed by atoms with Gasteiger partial charge in [-0.2, -0.15) is 0 Å². The topological polar surface area (TPSA) is 110 Å². The van der Waals surface area contributed by atoms with Crippen molar-refractivity contribution in [2.24, 2.45) is 5.73 Å². The second-order valence-corrected chi connectivity index (χ2v) is 9.90. The lowest BCUT2D eigenvalue weighted by Gasteiger charge is -2.18. The first kappa shape index (κ1) is 27.9. The van der Waals surface area contributed by atoms with Crippen LogP contribution in [0.5, 0.6) is 0 Å². The maximum absolute atomic E-state index is 13.7. The van der Waals surface area contributed by atoms with E-state index in [0.717, 1.165) is 40.6 Å². The number of benzene rings is 1. The zero-order valence-electron chi connectivity index (χ0n) is 22.7. The van der Waals surface area contributed by atoms with Crippen LogP contribution in [0.1, 0.15) is 78.5 Å². The van der Waals surface area contributed by atoms with Gasteiger partial charge in [0.15, 0.2) is 5.78 Å². The van der Waals surface area contributed by atoms with Gasteiger partial charge < -0.3 is 20.6 Å². The highest BCUT2D eigenvalue weighted by atomic mass is 16.2.